The summed E-state index contributed by atoms with van der Waals surface area (Å²) in [6.45, 7) is 0.785. The van der Waals surface area contributed by atoms with Crippen LogP contribution in [0.15, 0.2) is 30.0 Å². The SMILES string of the molecule is NNC(Cc1ccc(Cl)c(Cl)c1)C1=COCCC1. The van der Waals surface area contributed by atoms with E-state index in [1.807, 2.05) is 18.4 Å². The average molecular weight is 287 g/mol. The fraction of sp³-hybridized carbons (Fsp3) is 0.385. The van der Waals surface area contributed by atoms with E-state index in [2.05, 4.69) is 5.43 Å². The lowest BCUT2D eigenvalue weighted by Crippen LogP contribution is -2.39. The minimum Gasteiger partial charge on any atom is -0.501 e. The first-order chi connectivity index (χ1) is 8.70. The minimum atomic E-state index is 0.0718. The Morgan fingerprint density at radius 3 is 2.78 bits per heavy atom. The summed E-state index contributed by atoms with van der Waals surface area (Å²) in [5.74, 6) is 5.61. The Morgan fingerprint density at radius 1 is 1.33 bits per heavy atom. The lowest BCUT2D eigenvalue weighted by Gasteiger charge is -2.22. The van der Waals surface area contributed by atoms with Gasteiger partial charge in [-0.2, -0.15) is 0 Å². The van der Waals surface area contributed by atoms with Crippen LogP contribution in [0.5, 0.6) is 0 Å². The van der Waals surface area contributed by atoms with Gasteiger partial charge in [-0.15, -0.1) is 0 Å². The van der Waals surface area contributed by atoms with Gasteiger partial charge in [0.25, 0.3) is 0 Å². The first kappa shape index (κ1) is 13.7. The van der Waals surface area contributed by atoms with Crippen molar-refractivity contribution >= 4 is 23.2 Å². The van der Waals surface area contributed by atoms with E-state index >= 15 is 0 Å². The quantitative estimate of drug-likeness (QED) is 0.661. The van der Waals surface area contributed by atoms with Crippen LogP contribution in [-0.4, -0.2) is 12.6 Å². The van der Waals surface area contributed by atoms with Gasteiger partial charge >= 0.3 is 0 Å². The van der Waals surface area contributed by atoms with Crippen LogP contribution >= 0.6 is 23.2 Å². The van der Waals surface area contributed by atoms with Gasteiger partial charge in [0.2, 0.25) is 0 Å². The Kier molecular flexibility index (Phi) is 4.89. The molecule has 0 bridgehead atoms. The zero-order valence-corrected chi connectivity index (χ0v) is 11.5. The van der Waals surface area contributed by atoms with Crippen molar-refractivity contribution in [2.45, 2.75) is 25.3 Å². The minimum absolute atomic E-state index is 0.0718. The van der Waals surface area contributed by atoms with Crippen molar-refractivity contribution in [2.75, 3.05) is 6.61 Å². The van der Waals surface area contributed by atoms with Crippen molar-refractivity contribution < 1.29 is 4.74 Å². The second-order valence-electron chi connectivity index (χ2n) is 4.34. The highest BCUT2D eigenvalue weighted by Crippen LogP contribution is 2.25. The van der Waals surface area contributed by atoms with Crippen molar-refractivity contribution in [3.63, 3.8) is 0 Å². The Balaban J connectivity index is 2.09. The van der Waals surface area contributed by atoms with Crippen molar-refractivity contribution in [3.05, 3.63) is 45.6 Å². The van der Waals surface area contributed by atoms with Crippen LogP contribution in [0.4, 0.5) is 0 Å². The van der Waals surface area contributed by atoms with Crippen LogP contribution in [0, 0.1) is 0 Å². The molecule has 1 heterocycles. The number of nitrogens with two attached hydrogens (primary N) is 1. The third kappa shape index (κ3) is 3.39. The average Bonchev–Trinajstić information content (AvgIpc) is 2.41. The second kappa shape index (κ2) is 6.43. The van der Waals surface area contributed by atoms with Crippen LogP contribution < -0.4 is 11.3 Å². The summed E-state index contributed by atoms with van der Waals surface area (Å²) in [6.07, 6.45) is 4.62. The molecule has 1 unspecified atom stereocenters. The summed E-state index contributed by atoms with van der Waals surface area (Å²) in [5, 5.41) is 1.14. The molecular formula is C13H16Cl2N2O. The lowest BCUT2D eigenvalue weighted by atomic mass is 9.96. The second-order valence-corrected chi connectivity index (χ2v) is 5.15. The van der Waals surface area contributed by atoms with Crippen LogP contribution in [0.2, 0.25) is 10.0 Å². The predicted octanol–water partition coefficient (Wildman–Crippen LogP) is 3.06. The molecule has 98 valence electrons. The van der Waals surface area contributed by atoms with Gasteiger partial charge in [0.05, 0.1) is 22.9 Å². The lowest BCUT2D eigenvalue weighted by molar-refractivity contribution is 0.219. The van der Waals surface area contributed by atoms with Gasteiger partial charge < -0.3 is 4.74 Å². The summed E-state index contributed by atoms with van der Waals surface area (Å²) >= 11 is 11.9. The molecule has 1 aromatic carbocycles. The summed E-state index contributed by atoms with van der Waals surface area (Å²) in [7, 11) is 0. The zero-order chi connectivity index (χ0) is 13.0. The van der Waals surface area contributed by atoms with E-state index in [1.165, 1.54) is 5.57 Å². The van der Waals surface area contributed by atoms with Gasteiger partial charge in [-0.1, -0.05) is 29.3 Å². The third-order valence-electron chi connectivity index (χ3n) is 3.03. The first-order valence-electron chi connectivity index (χ1n) is 5.91. The molecule has 5 heteroatoms. The number of ether oxygens (including phenoxy) is 1. The van der Waals surface area contributed by atoms with Crippen molar-refractivity contribution in [1.29, 1.82) is 0 Å². The van der Waals surface area contributed by atoms with E-state index in [1.54, 1.807) is 6.07 Å². The van der Waals surface area contributed by atoms with Crippen LogP contribution in [0.25, 0.3) is 0 Å². The molecule has 0 amide bonds. The molecule has 3 nitrogen and oxygen atoms in total. The van der Waals surface area contributed by atoms with Gasteiger partial charge in [-0.25, -0.2) is 0 Å². The van der Waals surface area contributed by atoms with Crippen LogP contribution in [0.3, 0.4) is 0 Å². The standard InChI is InChI=1S/C13H16Cl2N2O/c14-11-4-3-9(6-12(11)15)7-13(17-16)10-2-1-5-18-8-10/h3-4,6,8,13,17H,1-2,5,7,16H2. The van der Waals surface area contributed by atoms with E-state index in [9.17, 15) is 0 Å². The highest BCUT2D eigenvalue weighted by Gasteiger charge is 2.16. The van der Waals surface area contributed by atoms with Gasteiger partial charge in [0.15, 0.2) is 0 Å². The van der Waals surface area contributed by atoms with Gasteiger partial charge in [0, 0.05) is 6.04 Å². The number of hydrazine groups is 1. The molecule has 0 radical (unpaired) electrons. The van der Waals surface area contributed by atoms with E-state index in [0.29, 0.717) is 10.0 Å². The summed E-state index contributed by atoms with van der Waals surface area (Å²) in [5.41, 5.74) is 5.12. The number of benzene rings is 1. The number of rotatable bonds is 4. The zero-order valence-electron chi connectivity index (χ0n) is 9.96. The molecule has 0 spiro atoms. The van der Waals surface area contributed by atoms with E-state index in [0.717, 1.165) is 31.4 Å². The molecule has 0 saturated carbocycles. The molecular weight excluding hydrogens is 271 g/mol. The van der Waals surface area contributed by atoms with Crippen molar-refractivity contribution in [2.24, 2.45) is 5.84 Å². The summed E-state index contributed by atoms with van der Waals surface area (Å²) in [4.78, 5) is 0. The molecule has 2 rings (SSSR count). The Bertz CT molecular complexity index is 449. The number of hydrogen-bond acceptors (Lipinski definition) is 3. The van der Waals surface area contributed by atoms with Gasteiger partial charge in [0.1, 0.15) is 0 Å². The van der Waals surface area contributed by atoms with Crippen LogP contribution in [-0.2, 0) is 11.2 Å². The topological polar surface area (TPSA) is 47.3 Å². The number of hydrogen-bond donors (Lipinski definition) is 2. The maximum atomic E-state index is 6.00. The monoisotopic (exact) mass is 286 g/mol. The number of nitrogens with one attached hydrogen (secondary N) is 1. The van der Waals surface area contributed by atoms with Crippen molar-refractivity contribution in [3.8, 4) is 0 Å². The first-order valence-corrected chi connectivity index (χ1v) is 6.67. The molecule has 0 fully saturated rings. The fourth-order valence-electron chi connectivity index (χ4n) is 2.04. The molecule has 0 saturated heterocycles. The van der Waals surface area contributed by atoms with Crippen molar-refractivity contribution in [1.82, 2.24) is 5.43 Å². The molecule has 1 aliphatic heterocycles. The predicted molar refractivity (Wildman–Crippen MR) is 74.5 cm³/mol. The molecule has 3 N–H and O–H groups in total. The molecule has 0 aliphatic carbocycles. The van der Waals surface area contributed by atoms with Crippen LogP contribution in [0.1, 0.15) is 18.4 Å². The maximum Gasteiger partial charge on any atom is 0.0876 e. The molecule has 1 aromatic rings. The van der Waals surface area contributed by atoms with Gasteiger partial charge in [-0.3, -0.25) is 11.3 Å². The third-order valence-corrected chi connectivity index (χ3v) is 3.77. The Labute approximate surface area is 117 Å². The smallest absolute Gasteiger partial charge is 0.0876 e. The fourth-order valence-corrected chi connectivity index (χ4v) is 2.36. The Hall–Kier alpha value is -0.740. The summed E-state index contributed by atoms with van der Waals surface area (Å²) < 4.78 is 5.34. The van der Waals surface area contributed by atoms with E-state index in [-0.39, 0.29) is 6.04 Å². The highest BCUT2D eigenvalue weighted by atomic mass is 35.5. The molecule has 18 heavy (non-hydrogen) atoms. The maximum absolute atomic E-state index is 6.00. The van der Waals surface area contributed by atoms with Gasteiger partial charge in [-0.05, 0) is 42.5 Å². The molecule has 1 atom stereocenters. The normalized spacial score (nSPS) is 16.9. The largest absolute Gasteiger partial charge is 0.501 e. The number of halogens is 2. The van der Waals surface area contributed by atoms with E-state index in [4.69, 9.17) is 33.8 Å². The molecule has 0 aromatic heterocycles. The summed E-state index contributed by atoms with van der Waals surface area (Å²) in [6, 6.07) is 5.71. The highest BCUT2D eigenvalue weighted by molar-refractivity contribution is 6.42. The molecule has 1 aliphatic rings. The Morgan fingerprint density at radius 2 is 2.17 bits per heavy atom. The van der Waals surface area contributed by atoms with E-state index < -0.39 is 0 Å².